The maximum Gasteiger partial charge on any atom is 0.0450 e. The summed E-state index contributed by atoms with van der Waals surface area (Å²) in [6.45, 7) is 5.33. The number of benzene rings is 1. The van der Waals surface area contributed by atoms with Gasteiger partial charge in [-0.05, 0) is 59.0 Å². The van der Waals surface area contributed by atoms with E-state index in [1.165, 1.54) is 9.13 Å². The molecule has 1 N–H and O–H groups in total. The van der Waals surface area contributed by atoms with Crippen LogP contribution in [-0.4, -0.2) is 11.5 Å². The van der Waals surface area contributed by atoms with E-state index in [-0.39, 0.29) is 0 Å². The number of nitrogens with one attached hydrogen (secondary N) is 1. The highest BCUT2D eigenvalue weighted by molar-refractivity contribution is 14.1. The first kappa shape index (κ1) is 14.5. The Morgan fingerprint density at radius 3 is 2.68 bits per heavy atom. The SMILES string of the molecule is CCNC(c1cccc(I)c1)C(C)c1ccccn1. The summed E-state index contributed by atoms with van der Waals surface area (Å²) in [6.07, 6.45) is 1.86. The van der Waals surface area contributed by atoms with Gasteiger partial charge in [-0.3, -0.25) is 4.98 Å². The Kier molecular flexibility index (Phi) is 5.34. The second-order valence-electron chi connectivity index (χ2n) is 4.63. The fourth-order valence-electron chi connectivity index (χ4n) is 2.32. The molecule has 1 aromatic carbocycles. The molecule has 0 amide bonds. The van der Waals surface area contributed by atoms with Gasteiger partial charge in [0.15, 0.2) is 0 Å². The van der Waals surface area contributed by atoms with Crippen LogP contribution in [0.25, 0.3) is 0 Å². The Labute approximate surface area is 128 Å². The van der Waals surface area contributed by atoms with Crippen LogP contribution in [0.3, 0.4) is 0 Å². The third-order valence-corrected chi connectivity index (χ3v) is 3.96. The molecule has 100 valence electrons. The lowest BCUT2D eigenvalue weighted by atomic mass is 9.91. The van der Waals surface area contributed by atoms with Crippen molar-refractivity contribution in [2.24, 2.45) is 0 Å². The quantitative estimate of drug-likeness (QED) is 0.805. The first-order valence-electron chi connectivity index (χ1n) is 6.62. The van der Waals surface area contributed by atoms with E-state index in [2.05, 4.69) is 83.1 Å². The third-order valence-electron chi connectivity index (χ3n) is 3.29. The minimum Gasteiger partial charge on any atom is -0.310 e. The monoisotopic (exact) mass is 366 g/mol. The van der Waals surface area contributed by atoms with E-state index in [1.54, 1.807) is 0 Å². The normalized spacial score (nSPS) is 14.1. The van der Waals surface area contributed by atoms with E-state index < -0.39 is 0 Å². The lowest BCUT2D eigenvalue weighted by molar-refractivity contribution is 0.472. The van der Waals surface area contributed by atoms with Crippen LogP contribution in [0.4, 0.5) is 0 Å². The number of aromatic nitrogens is 1. The molecule has 2 atom stereocenters. The Hall–Kier alpha value is -0.940. The zero-order chi connectivity index (χ0) is 13.7. The molecule has 0 aliphatic heterocycles. The Bertz CT molecular complexity index is 513. The van der Waals surface area contributed by atoms with Crippen molar-refractivity contribution in [1.82, 2.24) is 10.3 Å². The van der Waals surface area contributed by atoms with Gasteiger partial charge in [0.05, 0.1) is 0 Å². The van der Waals surface area contributed by atoms with E-state index in [0.717, 1.165) is 12.2 Å². The summed E-state index contributed by atoms with van der Waals surface area (Å²) in [5, 5.41) is 3.58. The van der Waals surface area contributed by atoms with Gasteiger partial charge in [0.25, 0.3) is 0 Å². The van der Waals surface area contributed by atoms with E-state index in [4.69, 9.17) is 0 Å². The van der Waals surface area contributed by atoms with Gasteiger partial charge < -0.3 is 5.32 Å². The summed E-state index contributed by atoms with van der Waals surface area (Å²) >= 11 is 2.36. The Balaban J connectivity index is 2.30. The molecular formula is C16H19IN2. The lowest BCUT2D eigenvalue weighted by Gasteiger charge is -2.25. The molecule has 2 unspecified atom stereocenters. The maximum absolute atomic E-state index is 4.49. The van der Waals surface area contributed by atoms with Crippen molar-refractivity contribution in [1.29, 1.82) is 0 Å². The van der Waals surface area contributed by atoms with Crippen molar-refractivity contribution in [2.45, 2.75) is 25.8 Å². The summed E-state index contributed by atoms with van der Waals surface area (Å²) in [5.74, 6) is 0.347. The molecule has 3 heteroatoms. The highest BCUT2D eigenvalue weighted by Gasteiger charge is 2.20. The largest absolute Gasteiger partial charge is 0.310 e. The maximum atomic E-state index is 4.49. The molecule has 0 spiro atoms. The minimum atomic E-state index is 0.301. The summed E-state index contributed by atoms with van der Waals surface area (Å²) in [4.78, 5) is 4.49. The predicted molar refractivity (Wildman–Crippen MR) is 88.2 cm³/mol. The molecular weight excluding hydrogens is 347 g/mol. The lowest BCUT2D eigenvalue weighted by Crippen LogP contribution is -2.26. The molecule has 0 bridgehead atoms. The average molecular weight is 366 g/mol. The molecule has 0 radical (unpaired) electrons. The summed E-state index contributed by atoms with van der Waals surface area (Å²) < 4.78 is 1.27. The van der Waals surface area contributed by atoms with Crippen LogP contribution in [0.2, 0.25) is 0 Å². The molecule has 2 rings (SSSR count). The Morgan fingerprint density at radius 2 is 2.05 bits per heavy atom. The number of hydrogen-bond donors (Lipinski definition) is 1. The van der Waals surface area contributed by atoms with Crippen LogP contribution >= 0.6 is 22.6 Å². The first-order chi connectivity index (χ1) is 9.22. The van der Waals surface area contributed by atoms with Crippen LogP contribution in [-0.2, 0) is 0 Å². The number of halogens is 1. The number of hydrogen-bond acceptors (Lipinski definition) is 2. The van der Waals surface area contributed by atoms with Gasteiger partial charge in [0.2, 0.25) is 0 Å². The number of likely N-dealkylation sites (N-methyl/N-ethyl adjacent to an activating group) is 1. The molecule has 0 aliphatic rings. The summed E-state index contributed by atoms with van der Waals surface area (Å²) in [6, 6.07) is 15.1. The van der Waals surface area contributed by atoms with Gasteiger partial charge in [-0.15, -0.1) is 0 Å². The zero-order valence-corrected chi connectivity index (χ0v) is 13.5. The fraction of sp³-hybridized carbons (Fsp3) is 0.312. The Morgan fingerprint density at radius 1 is 1.21 bits per heavy atom. The molecule has 0 saturated carbocycles. The highest BCUT2D eigenvalue weighted by Crippen LogP contribution is 2.29. The van der Waals surface area contributed by atoms with Crippen molar-refractivity contribution >= 4 is 22.6 Å². The standard InChI is InChI=1S/C16H19IN2/c1-3-18-16(13-7-6-8-14(17)11-13)12(2)15-9-4-5-10-19-15/h4-12,16,18H,3H2,1-2H3. The highest BCUT2D eigenvalue weighted by atomic mass is 127. The average Bonchev–Trinajstić information content (AvgIpc) is 2.45. The molecule has 0 aliphatic carbocycles. The summed E-state index contributed by atoms with van der Waals surface area (Å²) in [5.41, 5.74) is 2.46. The van der Waals surface area contributed by atoms with Crippen molar-refractivity contribution in [2.75, 3.05) is 6.54 Å². The second kappa shape index (κ2) is 7.01. The second-order valence-corrected chi connectivity index (χ2v) is 5.88. The van der Waals surface area contributed by atoms with Gasteiger partial charge in [-0.25, -0.2) is 0 Å². The molecule has 0 fully saturated rings. The van der Waals surface area contributed by atoms with Crippen molar-refractivity contribution in [3.8, 4) is 0 Å². The van der Waals surface area contributed by atoms with Gasteiger partial charge in [0, 0.05) is 27.4 Å². The topological polar surface area (TPSA) is 24.9 Å². The zero-order valence-electron chi connectivity index (χ0n) is 11.3. The first-order valence-corrected chi connectivity index (χ1v) is 7.70. The van der Waals surface area contributed by atoms with Crippen molar-refractivity contribution in [3.63, 3.8) is 0 Å². The van der Waals surface area contributed by atoms with Crippen LogP contribution in [0, 0.1) is 3.57 Å². The van der Waals surface area contributed by atoms with Crippen molar-refractivity contribution in [3.05, 3.63) is 63.5 Å². The smallest absolute Gasteiger partial charge is 0.0450 e. The van der Waals surface area contributed by atoms with Gasteiger partial charge in [-0.2, -0.15) is 0 Å². The van der Waals surface area contributed by atoms with E-state index in [9.17, 15) is 0 Å². The molecule has 0 saturated heterocycles. The van der Waals surface area contributed by atoms with Crippen LogP contribution < -0.4 is 5.32 Å². The number of nitrogens with zero attached hydrogens (tertiary/aromatic N) is 1. The molecule has 2 nitrogen and oxygen atoms in total. The molecule has 19 heavy (non-hydrogen) atoms. The number of pyridine rings is 1. The van der Waals surface area contributed by atoms with Gasteiger partial charge >= 0.3 is 0 Å². The van der Waals surface area contributed by atoms with Gasteiger partial charge in [0.1, 0.15) is 0 Å². The molecule has 2 aromatic rings. The predicted octanol–water partition coefficient (Wildman–Crippen LogP) is 4.14. The number of rotatable bonds is 5. The van der Waals surface area contributed by atoms with E-state index in [0.29, 0.717) is 12.0 Å². The summed E-state index contributed by atoms with van der Waals surface area (Å²) in [7, 11) is 0. The third kappa shape index (κ3) is 3.76. The minimum absolute atomic E-state index is 0.301. The van der Waals surface area contributed by atoms with E-state index >= 15 is 0 Å². The molecule has 1 aromatic heterocycles. The van der Waals surface area contributed by atoms with Crippen molar-refractivity contribution < 1.29 is 0 Å². The van der Waals surface area contributed by atoms with Crippen LogP contribution in [0.1, 0.15) is 37.1 Å². The van der Waals surface area contributed by atoms with E-state index in [1.807, 2.05) is 12.3 Å². The van der Waals surface area contributed by atoms with Crippen LogP contribution in [0.5, 0.6) is 0 Å². The van der Waals surface area contributed by atoms with Gasteiger partial charge in [-0.1, -0.05) is 32.0 Å². The van der Waals surface area contributed by atoms with Crippen LogP contribution in [0.15, 0.2) is 48.7 Å². The fourth-order valence-corrected chi connectivity index (χ4v) is 2.89. The molecule has 1 heterocycles.